The average Bonchev–Trinajstić information content (AvgIpc) is 2.93. The Morgan fingerprint density at radius 2 is 1.63 bits per heavy atom. The number of fused-ring (bicyclic) bond motifs is 1. The summed E-state index contributed by atoms with van der Waals surface area (Å²) in [7, 11) is -3.93. The molecule has 1 fully saturated rings. The highest BCUT2D eigenvalue weighted by Crippen LogP contribution is 2.26. The van der Waals surface area contributed by atoms with E-state index in [1.165, 1.54) is 23.2 Å². The Morgan fingerprint density at radius 3 is 2.34 bits per heavy atom. The Bertz CT molecular complexity index is 1650. The molecule has 194 valence electrons. The molecule has 1 aliphatic heterocycles. The Hall–Kier alpha value is -4.38. The summed E-state index contributed by atoms with van der Waals surface area (Å²) in [5.74, 6) is -1.35. The van der Waals surface area contributed by atoms with Gasteiger partial charge in [-0.25, -0.2) is 12.8 Å². The average molecular weight is 534 g/mol. The first-order chi connectivity index (χ1) is 18.2. The Kier molecular flexibility index (Phi) is 6.77. The van der Waals surface area contributed by atoms with Gasteiger partial charge in [-0.05, 0) is 48.9 Å². The summed E-state index contributed by atoms with van der Waals surface area (Å²) in [6, 6.07) is 14.6. The first-order valence-electron chi connectivity index (χ1n) is 11.9. The summed E-state index contributed by atoms with van der Waals surface area (Å²) in [6.07, 6.45) is 3.90. The van der Waals surface area contributed by atoms with E-state index in [1.54, 1.807) is 60.5 Å². The second-order valence-electron chi connectivity index (χ2n) is 8.91. The highest BCUT2D eigenvalue weighted by atomic mass is 32.2. The lowest BCUT2D eigenvalue weighted by atomic mass is 10.1. The van der Waals surface area contributed by atoms with Gasteiger partial charge in [0.15, 0.2) is 5.82 Å². The van der Waals surface area contributed by atoms with E-state index < -0.39 is 21.7 Å². The van der Waals surface area contributed by atoms with Crippen molar-refractivity contribution in [3.05, 3.63) is 95.7 Å². The van der Waals surface area contributed by atoms with E-state index in [0.717, 1.165) is 6.20 Å². The number of sulfonamides is 1. The standard InChI is InChI=1S/C27H24FN5O4S/c1-18-16-20(26(34)32-12-14-33(15-13-32)27(35)21-9-11-29-17-22(21)28)7-8-23(18)31-38(36,37)24-6-2-4-19-5-3-10-30-25(19)24/h2-11,16-17,31H,12-15H2,1H3. The number of nitrogens with zero attached hydrogens (tertiary/aromatic N) is 4. The van der Waals surface area contributed by atoms with E-state index in [1.807, 2.05) is 0 Å². The van der Waals surface area contributed by atoms with Crippen LogP contribution in [0.3, 0.4) is 0 Å². The van der Waals surface area contributed by atoms with Gasteiger partial charge in [0.1, 0.15) is 4.90 Å². The third-order valence-electron chi connectivity index (χ3n) is 6.46. The first kappa shape index (κ1) is 25.3. The van der Waals surface area contributed by atoms with Crippen molar-refractivity contribution in [3.8, 4) is 0 Å². The summed E-state index contributed by atoms with van der Waals surface area (Å²) in [5.41, 5.74) is 1.65. The molecule has 1 saturated heterocycles. The van der Waals surface area contributed by atoms with Crippen molar-refractivity contribution in [2.75, 3.05) is 30.9 Å². The number of pyridine rings is 2. The minimum atomic E-state index is -3.93. The highest BCUT2D eigenvalue weighted by molar-refractivity contribution is 7.93. The summed E-state index contributed by atoms with van der Waals surface area (Å²) in [5, 5.41) is 0.709. The number of benzene rings is 2. The van der Waals surface area contributed by atoms with Crippen LogP contribution in [-0.2, 0) is 10.0 Å². The zero-order chi connectivity index (χ0) is 26.9. The lowest BCUT2D eigenvalue weighted by Crippen LogP contribution is -2.50. The maximum absolute atomic E-state index is 13.9. The fraction of sp³-hybridized carbons (Fsp3) is 0.185. The van der Waals surface area contributed by atoms with Crippen LogP contribution in [0.1, 0.15) is 26.3 Å². The summed E-state index contributed by atoms with van der Waals surface area (Å²) in [6.45, 7) is 2.83. The SMILES string of the molecule is Cc1cc(C(=O)N2CCN(C(=O)c3ccncc3F)CC2)ccc1NS(=O)(=O)c1cccc2cccnc12. The van der Waals surface area contributed by atoms with Gasteiger partial charge in [0.05, 0.1) is 23.0 Å². The largest absolute Gasteiger partial charge is 0.335 e. The minimum Gasteiger partial charge on any atom is -0.335 e. The number of aryl methyl sites for hydroxylation is 1. The minimum absolute atomic E-state index is 0.0484. The molecule has 5 rings (SSSR count). The Labute approximate surface area is 219 Å². The molecular weight excluding hydrogens is 509 g/mol. The van der Waals surface area contributed by atoms with E-state index >= 15 is 0 Å². The van der Waals surface area contributed by atoms with Gasteiger partial charge in [0.2, 0.25) is 0 Å². The number of nitrogens with one attached hydrogen (secondary N) is 1. The molecular formula is C27H24FN5O4S. The van der Waals surface area contributed by atoms with Crippen LogP contribution in [0.5, 0.6) is 0 Å². The quantitative estimate of drug-likeness (QED) is 0.420. The molecule has 0 bridgehead atoms. The molecule has 38 heavy (non-hydrogen) atoms. The third-order valence-corrected chi connectivity index (χ3v) is 7.86. The van der Waals surface area contributed by atoms with Crippen LogP contribution >= 0.6 is 0 Å². The van der Waals surface area contributed by atoms with Crippen molar-refractivity contribution in [1.82, 2.24) is 19.8 Å². The smallest absolute Gasteiger partial charge is 0.264 e. The van der Waals surface area contributed by atoms with E-state index in [9.17, 15) is 22.4 Å². The van der Waals surface area contributed by atoms with Gasteiger partial charge in [-0.3, -0.25) is 24.3 Å². The monoisotopic (exact) mass is 533 g/mol. The molecule has 0 saturated carbocycles. The van der Waals surface area contributed by atoms with Crippen LogP contribution in [0.2, 0.25) is 0 Å². The Morgan fingerprint density at radius 1 is 0.921 bits per heavy atom. The Balaban J connectivity index is 1.27. The van der Waals surface area contributed by atoms with E-state index in [0.29, 0.717) is 40.8 Å². The lowest BCUT2D eigenvalue weighted by molar-refractivity contribution is 0.0532. The number of carbonyl (C=O) groups excluding carboxylic acids is 2. The number of hydrogen-bond acceptors (Lipinski definition) is 6. The molecule has 0 atom stereocenters. The summed E-state index contributed by atoms with van der Waals surface area (Å²) in [4.78, 5) is 36.8. The van der Waals surface area contributed by atoms with Crippen LogP contribution < -0.4 is 4.72 Å². The molecule has 0 spiro atoms. The first-order valence-corrected chi connectivity index (χ1v) is 13.4. The molecule has 9 nitrogen and oxygen atoms in total. The highest BCUT2D eigenvalue weighted by Gasteiger charge is 2.27. The van der Waals surface area contributed by atoms with Gasteiger partial charge >= 0.3 is 0 Å². The van der Waals surface area contributed by atoms with Crippen molar-refractivity contribution in [2.45, 2.75) is 11.8 Å². The van der Waals surface area contributed by atoms with E-state index in [-0.39, 0.29) is 29.5 Å². The van der Waals surface area contributed by atoms with Crippen LogP contribution in [-0.4, -0.2) is 66.2 Å². The van der Waals surface area contributed by atoms with Gasteiger partial charge < -0.3 is 9.80 Å². The third kappa shape index (κ3) is 4.92. The number of piperazine rings is 1. The van der Waals surface area contributed by atoms with Gasteiger partial charge in [0.25, 0.3) is 21.8 Å². The zero-order valence-electron chi connectivity index (χ0n) is 20.5. The van der Waals surface area contributed by atoms with E-state index in [2.05, 4.69) is 14.7 Å². The van der Waals surface area contributed by atoms with Crippen molar-refractivity contribution in [1.29, 1.82) is 0 Å². The molecule has 3 heterocycles. The maximum atomic E-state index is 13.9. The lowest BCUT2D eigenvalue weighted by Gasteiger charge is -2.35. The van der Waals surface area contributed by atoms with Gasteiger partial charge in [-0.2, -0.15) is 0 Å². The van der Waals surface area contributed by atoms with Crippen molar-refractivity contribution >= 4 is 38.4 Å². The van der Waals surface area contributed by atoms with Crippen LogP contribution in [0, 0.1) is 12.7 Å². The maximum Gasteiger partial charge on any atom is 0.264 e. The molecule has 0 radical (unpaired) electrons. The van der Waals surface area contributed by atoms with E-state index in [4.69, 9.17) is 0 Å². The number of carbonyl (C=O) groups is 2. The molecule has 1 N–H and O–H groups in total. The fourth-order valence-corrected chi connectivity index (χ4v) is 5.73. The van der Waals surface area contributed by atoms with Crippen LogP contribution in [0.4, 0.5) is 10.1 Å². The number of rotatable bonds is 5. The topological polar surface area (TPSA) is 113 Å². The van der Waals surface area contributed by atoms with Gasteiger partial charge in [-0.1, -0.05) is 18.2 Å². The van der Waals surface area contributed by atoms with Gasteiger partial charge in [-0.15, -0.1) is 0 Å². The second-order valence-corrected chi connectivity index (χ2v) is 10.6. The number of halogens is 1. The molecule has 4 aromatic rings. The number of anilines is 1. The molecule has 0 aliphatic carbocycles. The second kappa shape index (κ2) is 10.2. The molecule has 2 aromatic heterocycles. The molecule has 2 aromatic carbocycles. The van der Waals surface area contributed by atoms with Gasteiger partial charge in [0, 0.05) is 49.5 Å². The predicted octanol–water partition coefficient (Wildman–Crippen LogP) is 3.48. The number of para-hydroxylation sites is 1. The fourth-order valence-electron chi connectivity index (χ4n) is 4.42. The predicted molar refractivity (Wildman–Crippen MR) is 140 cm³/mol. The summed E-state index contributed by atoms with van der Waals surface area (Å²) >= 11 is 0. The normalized spacial score (nSPS) is 13.9. The number of aromatic nitrogens is 2. The summed E-state index contributed by atoms with van der Waals surface area (Å²) < 4.78 is 42.9. The number of amides is 2. The van der Waals surface area contributed by atoms with Crippen LogP contribution in [0.15, 0.2) is 78.1 Å². The zero-order valence-corrected chi connectivity index (χ0v) is 21.3. The molecule has 11 heteroatoms. The molecule has 1 aliphatic rings. The number of hydrogen-bond donors (Lipinski definition) is 1. The van der Waals surface area contributed by atoms with Crippen molar-refractivity contribution in [2.24, 2.45) is 0 Å². The van der Waals surface area contributed by atoms with Crippen LogP contribution in [0.25, 0.3) is 10.9 Å². The molecule has 2 amide bonds. The molecule has 0 unspecified atom stereocenters. The van der Waals surface area contributed by atoms with Crippen molar-refractivity contribution < 1.29 is 22.4 Å². The van der Waals surface area contributed by atoms with Crippen molar-refractivity contribution in [3.63, 3.8) is 0 Å².